The summed E-state index contributed by atoms with van der Waals surface area (Å²) in [7, 11) is 0. The fraction of sp³-hybridized carbons (Fsp3) is 0.100. The summed E-state index contributed by atoms with van der Waals surface area (Å²) in [6.45, 7) is 1.89. The van der Waals surface area contributed by atoms with Crippen LogP contribution in [-0.2, 0) is 0 Å². The predicted octanol–water partition coefficient (Wildman–Crippen LogP) is 3.56. The van der Waals surface area contributed by atoms with Crippen molar-refractivity contribution in [1.29, 1.82) is 0 Å². The number of H-pyrrole nitrogens is 1. The number of nitrogens with one attached hydrogen (secondary N) is 1. The molecule has 15 heteroatoms. The lowest BCUT2D eigenvalue weighted by Crippen LogP contribution is -2.14. The number of nitrogens with zero attached hydrogens (tertiary/aromatic N) is 4. The monoisotopic (exact) mass is 485 g/mol. The van der Waals surface area contributed by atoms with E-state index < -0.39 is 43.3 Å². The van der Waals surface area contributed by atoms with Crippen molar-refractivity contribution < 1.29 is 29.4 Å². The van der Waals surface area contributed by atoms with Gasteiger partial charge >= 0.3 is 16.9 Å². The van der Waals surface area contributed by atoms with Crippen LogP contribution in [-0.4, -0.2) is 36.5 Å². The second-order valence-corrected chi connectivity index (χ2v) is 6.62. The van der Waals surface area contributed by atoms with Crippen LogP contribution >= 0.6 is 0 Å². The Kier molecular flexibility index (Phi) is 6.99. The molecule has 2 N–H and O–H groups in total. The number of ether oxygens (including phenoxy) is 2. The zero-order chi connectivity index (χ0) is 25.7. The van der Waals surface area contributed by atoms with Crippen molar-refractivity contribution in [3.63, 3.8) is 0 Å². The largest absolute Gasteiger partial charge is 0.490 e. The lowest BCUT2D eigenvalue weighted by molar-refractivity contribution is -0.394. The molecule has 0 atom stereocenters. The predicted molar refractivity (Wildman–Crippen MR) is 120 cm³/mol. The van der Waals surface area contributed by atoms with Crippen LogP contribution in [0.15, 0.2) is 41.2 Å². The minimum absolute atomic E-state index is 0.0838. The lowest BCUT2D eigenvalue weighted by atomic mass is 10.2. The molecular weight excluding hydrogens is 470 g/mol. The second-order valence-electron chi connectivity index (χ2n) is 6.62. The minimum atomic E-state index is -1.13. The molecule has 3 aromatic rings. The second kappa shape index (κ2) is 10.1. The Morgan fingerprint density at radius 3 is 2.29 bits per heavy atom. The van der Waals surface area contributed by atoms with Gasteiger partial charge < -0.3 is 19.6 Å². The molecule has 0 saturated heterocycles. The van der Waals surface area contributed by atoms with Crippen LogP contribution in [0.25, 0.3) is 12.2 Å². The van der Waals surface area contributed by atoms with Gasteiger partial charge in [-0.15, -0.1) is 0 Å². The van der Waals surface area contributed by atoms with Crippen molar-refractivity contribution >= 4 is 29.2 Å². The topological polar surface area (TPSA) is 214 Å². The SMILES string of the molecule is CCOc1cc(/C=C\c2nc(O)c([N+](=O)[O-])c(=O)[nH]2)ccc1Oc1ccc([N+](=O)[O-])cc1[N+](=O)[O-]. The molecule has 0 aliphatic heterocycles. The van der Waals surface area contributed by atoms with E-state index in [0.717, 1.165) is 18.2 Å². The Morgan fingerprint density at radius 1 is 0.971 bits per heavy atom. The number of aromatic hydroxyl groups is 1. The molecule has 2 aromatic carbocycles. The Bertz CT molecular complexity index is 1420. The maximum absolute atomic E-state index is 11.8. The summed E-state index contributed by atoms with van der Waals surface area (Å²) in [5.74, 6) is -1.18. The van der Waals surface area contributed by atoms with Crippen molar-refractivity contribution in [2.75, 3.05) is 6.61 Å². The molecule has 0 amide bonds. The molecule has 35 heavy (non-hydrogen) atoms. The summed E-state index contributed by atoms with van der Waals surface area (Å²) in [6.07, 6.45) is 2.72. The Labute approximate surface area is 194 Å². The van der Waals surface area contributed by atoms with E-state index in [-0.39, 0.29) is 29.7 Å². The highest BCUT2D eigenvalue weighted by Crippen LogP contribution is 2.38. The molecule has 1 heterocycles. The summed E-state index contributed by atoms with van der Waals surface area (Å²) >= 11 is 0. The number of hydrogen-bond acceptors (Lipinski definition) is 11. The average molecular weight is 485 g/mol. The van der Waals surface area contributed by atoms with Gasteiger partial charge in [0.15, 0.2) is 11.5 Å². The third kappa shape index (κ3) is 5.54. The van der Waals surface area contributed by atoms with E-state index in [1.807, 2.05) is 0 Å². The summed E-state index contributed by atoms with van der Waals surface area (Å²) < 4.78 is 11.1. The van der Waals surface area contributed by atoms with Gasteiger partial charge in [-0.05, 0) is 36.8 Å². The molecule has 0 aliphatic rings. The quantitative estimate of drug-likeness (QED) is 0.330. The maximum atomic E-state index is 11.8. The third-order valence-corrected chi connectivity index (χ3v) is 4.35. The van der Waals surface area contributed by atoms with E-state index in [0.29, 0.717) is 5.56 Å². The maximum Gasteiger partial charge on any atom is 0.395 e. The molecule has 3 rings (SSSR count). The van der Waals surface area contributed by atoms with Gasteiger partial charge in [0.2, 0.25) is 5.75 Å². The highest BCUT2D eigenvalue weighted by Gasteiger charge is 2.23. The molecule has 180 valence electrons. The zero-order valence-electron chi connectivity index (χ0n) is 17.7. The number of aromatic amines is 1. The van der Waals surface area contributed by atoms with Crippen LogP contribution in [0, 0.1) is 30.3 Å². The first-order chi connectivity index (χ1) is 16.6. The van der Waals surface area contributed by atoms with Gasteiger partial charge in [-0.3, -0.25) is 35.1 Å². The molecule has 0 unspecified atom stereocenters. The van der Waals surface area contributed by atoms with Crippen LogP contribution in [0.4, 0.5) is 17.1 Å². The van der Waals surface area contributed by atoms with Crippen molar-refractivity contribution in [3.05, 3.63) is 88.5 Å². The van der Waals surface area contributed by atoms with Crippen molar-refractivity contribution in [1.82, 2.24) is 9.97 Å². The third-order valence-electron chi connectivity index (χ3n) is 4.35. The van der Waals surface area contributed by atoms with Gasteiger partial charge in [-0.25, -0.2) is 0 Å². The van der Waals surface area contributed by atoms with Crippen LogP contribution < -0.4 is 15.0 Å². The van der Waals surface area contributed by atoms with Gasteiger partial charge in [0, 0.05) is 6.07 Å². The number of benzene rings is 2. The van der Waals surface area contributed by atoms with Crippen LogP contribution in [0.5, 0.6) is 23.1 Å². The average Bonchev–Trinajstić information content (AvgIpc) is 2.78. The van der Waals surface area contributed by atoms with Gasteiger partial charge in [-0.2, -0.15) is 4.98 Å². The number of nitro benzene ring substituents is 2. The Hall–Kier alpha value is -5.34. The number of nitro groups is 3. The van der Waals surface area contributed by atoms with E-state index in [2.05, 4.69) is 9.97 Å². The fourth-order valence-corrected chi connectivity index (χ4v) is 2.84. The fourth-order valence-electron chi connectivity index (χ4n) is 2.84. The Morgan fingerprint density at radius 2 is 1.69 bits per heavy atom. The highest BCUT2D eigenvalue weighted by atomic mass is 16.6. The van der Waals surface area contributed by atoms with Gasteiger partial charge in [0.1, 0.15) is 5.82 Å². The lowest BCUT2D eigenvalue weighted by Gasteiger charge is -2.12. The number of non-ortho nitro benzene ring substituents is 1. The molecular formula is C20H15N5O10. The Balaban J connectivity index is 1.93. The van der Waals surface area contributed by atoms with Crippen LogP contribution in [0.3, 0.4) is 0 Å². The summed E-state index contributed by atoms with van der Waals surface area (Å²) in [5, 5.41) is 42.7. The minimum Gasteiger partial charge on any atom is -0.490 e. The molecule has 15 nitrogen and oxygen atoms in total. The smallest absolute Gasteiger partial charge is 0.395 e. The van der Waals surface area contributed by atoms with Crippen molar-refractivity contribution in [2.45, 2.75) is 6.92 Å². The number of rotatable bonds is 9. The van der Waals surface area contributed by atoms with Crippen LogP contribution in [0.1, 0.15) is 18.3 Å². The van der Waals surface area contributed by atoms with E-state index >= 15 is 0 Å². The molecule has 0 spiro atoms. The summed E-state index contributed by atoms with van der Waals surface area (Å²) in [4.78, 5) is 47.9. The first-order valence-corrected chi connectivity index (χ1v) is 9.64. The van der Waals surface area contributed by atoms with Gasteiger partial charge in [0.25, 0.3) is 11.6 Å². The molecule has 0 bridgehead atoms. The molecule has 0 fully saturated rings. The molecule has 0 radical (unpaired) electrons. The van der Waals surface area contributed by atoms with Crippen molar-refractivity contribution in [3.8, 4) is 23.1 Å². The first kappa shape index (κ1) is 24.3. The normalized spacial score (nSPS) is 10.8. The van der Waals surface area contributed by atoms with Crippen molar-refractivity contribution in [2.24, 2.45) is 0 Å². The van der Waals surface area contributed by atoms with E-state index in [4.69, 9.17) is 9.47 Å². The standard InChI is InChI=1S/C20H15N5O10/c1-2-34-16-9-11(4-8-17-21-19(26)18(25(32)33)20(27)22-17)3-6-15(16)35-14-7-5-12(23(28)29)10-13(14)24(30)31/h3-10H,2H2,1H3,(H2,21,22,26,27)/b8-4-. The summed E-state index contributed by atoms with van der Waals surface area (Å²) in [6, 6.07) is 7.39. The van der Waals surface area contributed by atoms with Crippen LogP contribution in [0.2, 0.25) is 0 Å². The number of aromatic nitrogens is 2. The molecule has 0 aliphatic carbocycles. The van der Waals surface area contributed by atoms with E-state index in [9.17, 15) is 40.2 Å². The van der Waals surface area contributed by atoms with E-state index in [1.54, 1.807) is 6.92 Å². The summed E-state index contributed by atoms with van der Waals surface area (Å²) in [5.41, 5.74) is -2.81. The zero-order valence-corrected chi connectivity index (χ0v) is 17.7. The van der Waals surface area contributed by atoms with Gasteiger partial charge in [-0.1, -0.05) is 12.1 Å². The number of hydrogen-bond donors (Lipinski definition) is 2. The highest BCUT2D eigenvalue weighted by molar-refractivity contribution is 5.69. The molecule has 0 saturated carbocycles. The van der Waals surface area contributed by atoms with E-state index in [1.165, 1.54) is 30.4 Å². The first-order valence-electron chi connectivity index (χ1n) is 9.64. The molecule has 1 aromatic heterocycles. The van der Waals surface area contributed by atoms with Gasteiger partial charge in [0.05, 0.1) is 27.4 Å².